The third-order valence-electron chi connectivity index (χ3n) is 3.64. The number of nitrogens with one attached hydrogen (secondary N) is 1. The van der Waals surface area contributed by atoms with Gasteiger partial charge in [-0.25, -0.2) is 9.18 Å². The van der Waals surface area contributed by atoms with Crippen LogP contribution in [0.15, 0.2) is 35.5 Å². The van der Waals surface area contributed by atoms with Crippen LogP contribution in [-0.2, 0) is 14.3 Å². The van der Waals surface area contributed by atoms with Crippen molar-refractivity contribution < 1.29 is 18.7 Å². The van der Waals surface area contributed by atoms with Gasteiger partial charge in [-0.15, -0.1) is 0 Å². The van der Waals surface area contributed by atoms with Crippen LogP contribution >= 0.6 is 0 Å². The van der Waals surface area contributed by atoms with Gasteiger partial charge in [0, 0.05) is 12.8 Å². The Labute approximate surface area is 137 Å². The lowest BCUT2D eigenvalue weighted by molar-refractivity contribution is -0.140. The Bertz CT molecular complexity index is 772. The van der Waals surface area contributed by atoms with Crippen LogP contribution in [0.5, 0.6) is 0 Å². The molecule has 2 aromatic rings. The summed E-state index contributed by atoms with van der Waals surface area (Å²) in [7, 11) is 1.52. The molecule has 8 nitrogen and oxygen atoms in total. The van der Waals surface area contributed by atoms with Crippen LogP contribution in [-0.4, -0.2) is 46.5 Å². The van der Waals surface area contributed by atoms with Crippen molar-refractivity contribution in [2.75, 3.05) is 25.6 Å². The van der Waals surface area contributed by atoms with Crippen LogP contribution in [0, 0.1) is 5.82 Å². The van der Waals surface area contributed by atoms with Crippen molar-refractivity contribution in [3.05, 3.63) is 46.9 Å². The Balaban J connectivity index is 2.00. The first-order valence-electron chi connectivity index (χ1n) is 7.29. The van der Waals surface area contributed by atoms with Gasteiger partial charge in [0.05, 0.1) is 12.2 Å². The van der Waals surface area contributed by atoms with Crippen molar-refractivity contribution >= 4 is 11.9 Å². The number of rotatable bonds is 5. The Morgan fingerprint density at radius 2 is 2.08 bits per heavy atom. The summed E-state index contributed by atoms with van der Waals surface area (Å²) in [5.74, 6) is -0.475. The average molecular weight is 333 g/mol. The molecule has 0 radical (unpaired) electrons. The number of benzene rings is 1. The van der Waals surface area contributed by atoms with E-state index in [0.717, 1.165) is 0 Å². The van der Waals surface area contributed by atoms with Gasteiger partial charge in [0.15, 0.2) is 0 Å². The first kappa shape index (κ1) is 16.1. The molecule has 1 aromatic carbocycles. The van der Waals surface area contributed by atoms with Crippen LogP contribution in [0.3, 0.4) is 0 Å². The van der Waals surface area contributed by atoms with Crippen LogP contribution in [0.2, 0.25) is 0 Å². The normalized spacial score (nSPS) is 16.5. The van der Waals surface area contributed by atoms with E-state index in [1.165, 1.54) is 23.9 Å². The summed E-state index contributed by atoms with van der Waals surface area (Å²) >= 11 is 0. The Morgan fingerprint density at radius 1 is 1.33 bits per heavy atom. The molecule has 0 saturated heterocycles. The van der Waals surface area contributed by atoms with Crippen LogP contribution in [0.25, 0.3) is 0 Å². The fourth-order valence-electron chi connectivity index (χ4n) is 2.53. The number of tetrazole rings is 1. The molecule has 2 heterocycles. The molecule has 0 amide bonds. The van der Waals surface area contributed by atoms with Gasteiger partial charge in [0.25, 0.3) is 0 Å². The third kappa shape index (κ3) is 2.98. The molecule has 1 aliphatic rings. The van der Waals surface area contributed by atoms with E-state index < -0.39 is 12.0 Å². The van der Waals surface area contributed by atoms with Gasteiger partial charge in [-0.1, -0.05) is 17.2 Å². The predicted octanol–water partition coefficient (Wildman–Crippen LogP) is 1.29. The number of carbonyl (C=O) groups is 1. The summed E-state index contributed by atoms with van der Waals surface area (Å²) in [6, 6.07) is 5.22. The van der Waals surface area contributed by atoms with Gasteiger partial charge < -0.3 is 14.8 Å². The number of nitrogens with zero attached hydrogens (tertiary/aromatic N) is 4. The number of aromatic nitrogens is 4. The number of hydrogen-bond acceptors (Lipinski definition) is 7. The summed E-state index contributed by atoms with van der Waals surface area (Å²) in [6.07, 6.45) is 0. The molecule has 1 aliphatic heterocycles. The van der Waals surface area contributed by atoms with Crippen LogP contribution in [0.1, 0.15) is 18.5 Å². The second-order valence-corrected chi connectivity index (χ2v) is 5.19. The molecule has 0 unspecified atom stereocenters. The van der Waals surface area contributed by atoms with Crippen molar-refractivity contribution in [3.63, 3.8) is 0 Å². The topological polar surface area (TPSA) is 91.2 Å². The highest BCUT2D eigenvalue weighted by Crippen LogP contribution is 2.34. The van der Waals surface area contributed by atoms with Gasteiger partial charge in [-0.2, -0.15) is 4.68 Å². The lowest BCUT2D eigenvalue weighted by atomic mass is 9.96. The molecule has 9 heteroatoms. The minimum atomic E-state index is -0.605. The molecule has 0 saturated carbocycles. The maximum Gasteiger partial charge on any atom is 0.338 e. The molecule has 3 rings (SSSR count). The number of fused-ring (bicyclic) bond motifs is 1. The fraction of sp³-hybridized carbons (Fsp3) is 0.333. The molecule has 24 heavy (non-hydrogen) atoms. The van der Waals surface area contributed by atoms with E-state index in [9.17, 15) is 9.18 Å². The predicted molar refractivity (Wildman–Crippen MR) is 81.5 cm³/mol. The Kier molecular flexibility index (Phi) is 4.52. The quantitative estimate of drug-likeness (QED) is 0.651. The fourth-order valence-corrected chi connectivity index (χ4v) is 2.53. The van der Waals surface area contributed by atoms with Crippen molar-refractivity contribution in [1.82, 2.24) is 20.2 Å². The highest BCUT2D eigenvalue weighted by atomic mass is 19.1. The molecule has 0 bridgehead atoms. The second kappa shape index (κ2) is 6.75. The summed E-state index contributed by atoms with van der Waals surface area (Å²) in [4.78, 5) is 12.5. The molecule has 126 valence electrons. The number of ether oxygens (including phenoxy) is 2. The van der Waals surface area contributed by atoms with E-state index in [2.05, 4.69) is 20.8 Å². The van der Waals surface area contributed by atoms with E-state index in [0.29, 0.717) is 29.4 Å². The molecular formula is C15H16FN5O3. The van der Waals surface area contributed by atoms with Gasteiger partial charge in [-0.05, 0) is 35.0 Å². The number of carbonyl (C=O) groups excluding carboxylic acids is 1. The molecule has 1 aromatic heterocycles. The minimum absolute atomic E-state index is 0.130. The molecule has 0 spiro atoms. The summed E-state index contributed by atoms with van der Waals surface area (Å²) in [6.45, 7) is 2.16. The lowest BCUT2D eigenvalue weighted by Crippen LogP contribution is -2.30. The van der Waals surface area contributed by atoms with Crippen molar-refractivity contribution in [2.24, 2.45) is 0 Å². The zero-order valence-corrected chi connectivity index (χ0v) is 13.2. The van der Waals surface area contributed by atoms with Crippen LogP contribution < -0.4 is 5.32 Å². The smallest absolute Gasteiger partial charge is 0.338 e. The average Bonchev–Trinajstić information content (AvgIpc) is 3.02. The van der Waals surface area contributed by atoms with E-state index in [4.69, 9.17) is 9.47 Å². The van der Waals surface area contributed by atoms with Gasteiger partial charge >= 0.3 is 5.97 Å². The monoisotopic (exact) mass is 333 g/mol. The highest BCUT2D eigenvalue weighted by Gasteiger charge is 2.34. The van der Waals surface area contributed by atoms with E-state index in [1.807, 2.05) is 0 Å². The minimum Gasteiger partial charge on any atom is -0.460 e. The zero-order valence-electron chi connectivity index (χ0n) is 13.2. The number of halogens is 1. The zero-order chi connectivity index (χ0) is 17.1. The maximum absolute atomic E-state index is 13.3. The van der Waals surface area contributed by atoms with Gasteiger partial charge in [0.1, 0.15) is 18.5 Å². The first-order chi connectivity index (χ1) is 11.6. The van der Waals surface area contributed by atoms with E-state index in [1.54, 1.807) is 19.1 Å². The molecule has 0 aliphatic carbocycles. The Hall–Kier alpha value is -2.81. The highest BCUT2D eigenvalue weighted by molar-refractivity contribution is 5.92. The van der Waals surface area contributed by atoms with Crippen molar-refractivity contribution in [3.8, 4) is 0 Å². The molecule has 1 atom stereocenters. The van der Waals surface area contributed by atoms with E-state index >= 15 is 0 Å². The standard InChI is InChI=1S/C15H16FN5O3/c1-9-12(14(22)24-8-7-23-2)13(10-3-5-11(16)6-4-10)21-15(17-9)18-19-20-21/h3-6,13H,7-8H2,1-2H3,(H,17,18,20)/t13-/m1/s1. The number of anilines is 1. The number of hydrogen-bond donors (Lipinski definition) is 1. The summed E-state index contributed by atoms with van der Waals surface area (Å²) < 4.78 is 24.8. The summed E-state index contributed by atoms with van der Waals surface area (Å²) in [5, 5.41) is 14.4. The summed E-state index contributed by atoms with van der Waals surface area (Å²) in [5.41, 5.74) is 1.61. The molecular weight excluding hydrogens is 317 g/mol. The SMILES string of the molecule is COCCOC(=O)C1=C(C)Nc2nnnn2[C@@H]1c1ccc(F)cc1. The maximum atomic E-state index is 13.3. The number of methoxy groups -OCH3 is 1. The largest absolute Gasteiger partial charge is 0.460 e. The Morgan fingerprint density at radius 3 is 2.79 bits per heavy atom. The van der Waals surface area contributed by atoms with Crippen molar-refractivity contribution in [2.45, 2.75) is 13.0 Å². The number of esters is 1. The van der Waals surface area contributed by atoms with Crippen LogP contribution in [0.4, 0.5) is 10.3 Å². The molecule has 0 fully saturated rings. The second-order valence-electron chi connectivity index (χ2n) is 5.19. The first-order valence-corrected chi connectivity index (χ1v) is 7.29. The van der Waals surface area contributed by atoms with E-state index in [-0.39, 0.29) is 12.4 Å². The number of allylic oxidation sites excluding steroid dienone is 1. The van der Waals surface area contributed by atoms with Crippen molar-refractivity contribution in [1.29, 1.82) is 0 Å². The van der Waals surface area contributed by atoms with Gasteiger partial charge in [-0.3, -0.25) is 0 Å². The molecule has 1 N–H and O–H groups in total. The third-order valence-corrected chi connectivity index (χ3v) is 3.64. The van der Waals surface area contributed by atoms with Gasteiger partial charge in [0.2, 0.25) is 5.95 Å². The lowest BCUT2D eigenvalue weighted by Gasteiger charge is -2.27.